The quantitative estimate of drug-likeness (QED) is 0.168. The summed E-state index contributed by atoms with van der Waals surface area (Å²) < 4.78 is 5.28. The molecule has 0 unspecified atom stereocenters. The first-order valence-electron chi connectivity index (χ1n) is 20.0. The van der Waals surface area contributed by atoms with Crippen molar-refractivity contribution in [1.29, 1.82) is 0 Å². The Kier molecular flexibility index (Phi) is 7.38. The molecule has 58 heavy (non-hydrogen) atoms. The predicted octanol–water partition coefficient (Wildman–Crippen LogP) is 16.7. The molecule has 1 aliphatic carbocycles. The van der Waals surface area contributed by atoms with Crippen LogP contribution in [0.15, 0.2) is 188 Å². The van der Waals surface area contributed by atoms with Crippen LogP contribution in [0.5, 0.6) is 0 Å². The molecule has 1 aliphatic rings. The van der Waals surface area contributed by atoms with E-state index in [1.807, 2.05) is 22.7 Å². The van der Waals surface area contributed by atoms with E-state index in [-0.39, 0.29) is 5.41 Å². The molecule has 2 aromatic heterocycles. The van der Waals surface area contributed by atoms with Crippen LogP contribution in [0.3, 0.4) is 0 Å². The Morgan fingerprint density at radius 2 is 0.966 bits per heavy atom. The topological polar surface area (TPSA) is 3.24 Å². The fourth-order valence-corrected chi connectivity index (χ4v) is 12.2. The van der Waals surface area contributed by atoms with Gasteiger partial charge in [0.25, 0.3) is 0 Å². The molecule has 0 fully saturated rings. The number of benzene rings is 9. The van der Waals surface area contributed by atoms with E-state index in [1.165, 1.54) is 101 Å². The van der Waals surface area contributed by atoms with Crippen LogP contribution in [0.25, 0.3) is 84.5 Å². The molecule has 1 nitrogen and oxygen atoms in total. The zero-order chi connectivity index (χ0) is 38.5. The first-order valence-corrected chi connectivity index (χ1v) is 21.6. The third-order valence-corrected chi connectivity index (χ3v) is 14.9. The van der Waals surface area contributed by atoms with Gasteiger partial charge in [-0.15, -0.1) is 22.7 Å². The summed E-state index contributed by atoms with van der Waals surface area (Å²) in [5, 5.41) is 7.77. The van der Waals surface area contributed by atoms with Crippen LogP contribution in [0, 0.1) is 0 Å². The third-order valence-electron chi connectivity index (χ3n) is 12.5. The van der Waals surface area contributed by atoms with Crippen LogP contribution < -0.4 is 4.90 Å². The van der Waals surface area contributed by atoms with Crippen LogP contribution >= 0.6 is 22.7 Å². The minimum absolute atomic E-state index is 0.142. The van der Waals surface area contributed by atoms with E-state index in [0.717, 1.165) is 11.4 Å². The molecule has 0 radical (unpaired) electrons. The third kappa shape index (κ3) is 4.87. The minimum atomic E-state index is -0.142. The summed E-state index contributed by atoms with van der Waals surface area (Å²) in [6.45, 7) is 4.76. The van der Waals surface area contributed by atoms with E-state index in [2.05, 4.69) is 207 Å². The highest BCUT2D eigenvalue weighted by Gasteiger charge is 2.36. The normalized spacial score (nSPS) is 13.1. The zero-order valence-corrected chi connectivity index (χ0v) is 33.8. The first kappa shape index (κ1) is 33.6. The Labute approximate surface area is 345 Å². The average molecular weight is 776 g/mol. The van der Waals surface area contributed by atoms with E-state index in [4.69, 9.17) is 0 Å². The van der Waals surface area contributed by atoms with Gasteiger partial charge in [-0.2, -0.15) is 0 Å². The Hall–Kier alpha value is -6.52. The molecular weight excluding hydrogens is 739 g/mol. The lowest BCUT2D eigenvalue weighted by Crippen LogP contribution is -2.17. The molecule has 0 saturated heterocycles. The second-order valence-corrected chi connectivity index (χ2v) is 18.1. The van der Waals surface area contributed by atoms with Crippen molar-refractivity contribution in [3.8, 4) is 33.4 Å². The Morgan fingerprint density at radius 3 is 1.78 bits per heavy atom. The van der Waals surface area contributed by atoms with Gasteiger partial charge in [0.15, 0.2) is 0 Å². The molecule has 9 aromatic carbocycles. The number of hydrogen-bond acceptors (Lipinski definition) is 3. The average Bonchev–Trinajstić information content (AvgIpc) is 3.93. The molecule has 0 amide bonds. The van der Waals surface area contributed by atoms with Gasteiger partial charge >= 0.3 is 0 Å². The van der Waals surface area contributed by atoms with E-state index < -0.39 is 0 Å². The zero-order valence-electron chi connectivity index (χ0n) is 32.2. The van der Waals surface area contributed by atoms with Gasteiger partial charge in [0.2, 0.25) is 0 Å². The van der Waals surface area contributed by atoms with E-state index >= 15 is 0 Å². The van der Waals surface area contributed by atoms with Gasteiger partial charge in [0.05, 0.1) is 5.69 Å². The largest absolute Gasteiger partial charge is 0.309 e. The minimum Gasteiger partial charge on any atom is -0.309 e. The highest BCUT2D eigenvalue weighted by molar-refractivity contribution is 7.27. The van der Waals surface area contributed by atoms with Crippen LogP contribution in [-0.4, -0.2) is 0 Å². The lowest BCUT2D eigenvalue weighted by atomic mass is 9.82. The smallest absolute Gasteiger partial charge is 0.0639 e. The van der Waals surface area contributed by atoms with E-state index in [0.29, 0.717) is 0 Å². The molecule has 0 aliphatic heterocycles. The second kappa shape index (κ2) is 12.7. The van der Waals surface area contributed by atoms with Crippen LogP contribution in [0.1, 0.15) is 25.0 Å². The van der Waals surface area contributed by atoms with Gasteiger partial charge in [0.1, 0.15) is 0 Å². The van der Waals surface area contributed by atoms with Crippen LogP contribution in [0.2, 0.25) is 0 Å². The van der Waals surface area contributed by atoms with Crippen molar-refractivity contribution in [2.75, 3.05) is 4.90 Å². The number of nitrogens with zero attached hydrogens (tertiary/aromatic N) is 1. The fourth-order valence-electron chi connectivity index (χ4n) is 9.75. The summed E-state index contributed by atoms with van der Waals surface area (Å²) in [6.07, 6.45) is 0. The SMILES string of the molecule is CC1(C)c2ccccc2-c2ccc(N(c3ccc(-c4cccc5c4sc4ccccc45)cc3)c3c(-c4ccccc4)c4ccccc4c4sc5ccccc5c34)cc21. The van der Waals surface area contributed by atoms with Gasteiger partial charge < -0.3 is 4.90 Å². The van der Waals surface area contributed by atoms with E-state index in [9.17, 15) is 0 Å². The first-order chi connectivity index (χ1) is 28.5. The van der Waals surface area contributed by atoms with Crippen molar-refractivity contribution in [3.63, 3.8) is 0 Å². The summed E-state index contributed by atoms with van der Waals surface area (Å²) in [4.78, 5) is 2.57. The lowest BCUT2D eigenvalue weighted by Gasteiger charge is -2.31. The molecule has 0 bridgehead atoms. The van der Waals surface area contributed by atoms with Crippen molar-refractivity contribution < 1.29 is 0 Å². The number of thiophene rings is 2. The maximum absolute atomic E-state index is 2.57. The number of fused-ring (bicyclic) bond motifs is 11. The van der Waals surface area contributed by atoms with Crippen LogP contribution in [0.4, 0.5) is 17.1 Å². The highest BCUT2D eigenvalue weighted by atomic mass is 32.1. The maximum atomic E-state index is 2.57. The van der Waals surface area contributed by atoms with Crippen LogP contribution in [-0.2, 0) is 5.41 Å². The number of anilines is 3. The Bertz CT molecular complexity index is 3420. The second-order valence-electron chi connectivity index (χ2n) is 16.0. The monoisotopic (exact) mass is 775 g/mol. The molecule has 12 rings (SSSR count). The summed E-state index contributed by atoms with van der Waals surface area (Å²) in [7, 11) is 0. The number of rotatable bonds is 5. The molecule has 0 N–H and O–H groups in total. The van der Waals surface area contributed by atoms with Gasteiger partial charge in [-0.3, -0.25) is 0 Å². The lowest BCUT2D eigenvalue weighted by molar-refractivity contribution is 0.660. The summed E-state index contributed by atoms with van der Waals surface area (Å²) in [5.41, 5.74) is 13.7. The highest BCUT2D eigenvalue weighted by Crippen LogP contribution is 2.56. The molecule has 0 saturated carbocycles. The van der Waals surface area contributed by atoms with Crippen molar-refractivity contribution in [2.45, 2.75) is 19.3 Å². The molecule has 274 valence electrons. The molecule has 0 spiro atoms. The Balaban J connectivity index is 1.17. The molecule has 3 heteroatoms. The van der Waals surface area contributed by atoms with Gasteiger partial charge in [0, 0.05) is 68.1 Å². The number of hydrogen-bond donors (Lipinski definition) is 0. The van der Waals surface area contributed by atoms with Gasteiger partial charge in [-0.05, 0) is 80.7 Å². The molecule has 0 atom stereocenters. The van der Waals surface area contributed by atoms with Crippen molar-refractivity contribution in [1.82, 2.24) is 0 Å². The standard InChI is InChI=1S/C55H37NS2/c1-55(2)46-24-11-8-17-39(46)40-32-31-37(33-47(40)55)56(36-29-27-34(28-30-36)38-22-14-23-43-41-18-9-12-25-48(41)57-53(38)43)52-50(35-15-4-3-5-16-35)42-19-6-7-20-44(42)54-51(52)45-21-10-13-26-49(45)58-54/h3-33H,1-2H3. The Morgan fingerprint density at radius 1 is 0.397 bits per heavy atom. The van der Waals surface area contributed by atoms with Crippen molar-refractivity contribution in [2.24, 2.45) is 0 Å². The molecule has 11 aromatic rings. The predicted molar refractivity (Wildman–Crippen MR) is 253 cm³/mol. The maximum Gasteiger partial charge on any atom is 0.0639 e. The molecule has 2 heterocycles. The summed E-state index contributed by atoms with van der Waals surface area (Å²) in [5.74, 6) is 0. The van der Waals surface area contributed by atoms with E-state index in [1.54, 1.807) is 0 Å². The van der Waals surface area contributed by atoms with Gasteiger partial charge in [-0.1, -0.05) is 166 Å². The van der Waals surface area contributed by atoms with Crippen molar-refractivity contribution in [3.05, 3.63) is 199 Å². The molecular formula is C55H37NS2. The summed E-state index contributed by atoms with van der Waals surface area (Å²) >= 11 is 3.79. The van der Waals surface area contributed by atoms with Crippen molar-refractivity contribution >= 4 is 90.9 Å². The van der Waals surface area contributed by atoms with Gasteiger partial charge in [-0.25, -0.2) is 0 Å². The fraction of sp³-hybridized carbons (Fsp3) is 0.0545. The summed E-state index contributed by atoms with van der Waals surface area (Å²) in [6, 6.07) is 70.0.